The van der Waals surface area contributed by atoms with Crippen molar-refractivity contribution in [3.8, 4) is 0 Å². The zero-order valence-corrected chi connectivity index (χ0v) is 11.4. The molecular formula is C12H18N4O3. The summed E-state index contributed by atoms with van der Waals surface area (Å²) in [7, 11) is 1.79. The normalized spacial score (nSPS) is 25.7. The van der Waals surface area contributed by atoms with E-state index in [0.717, 1.165) is 0 Å². The number of carbonyl (C=O) groups is 2. The van der Waals surface area contributed by atoms with Crippen molar-refractivity contribution in [2.24, 2.45) is 24.3 Å². The van der Waals surface area contributed by atoms with Gasteiger partial charge in [0.2, 0.25) is 5.91 Å². The Balaban J connectivity index is 2.04. The van der Waals surface area contributed by atoms with Gasteiger partial charge >= 0.3 is 5.97 Å². The topological polar surface area (TPSA) is 97.1 Å². The molecule has 0 saturated heterocycles. The van der Waals surface area contributed by atoms with Gasteiger partial charge in [-0.25, -0.2) is 0 Å². The van der Waals surface area contributed by atoms with Gasteiger partial charge in [-0.05, 0) is 12.3 Å². The highest BCUT2D eigenvalue weighted by Gasteiger charge is 2.65. The summed E-state index contributed by atoms with van der Waals surface area (Å²) in [6, 6.07) is -0.300. The van der Waals surface area contributed by atoms with Crippen molar-refractivity contribution in [1.82, 2.24) is 20.1 Å². The van der Waals surface area contributed by atoms with Crippen LogP contribution in [-0.4, -0.2) is 31.7 Å². The van der Waals surface area contributed by atoms with E-state index < -0.39 is 23.2 Å². The fourth-order valence-corrected chi connectivity index (χ4v) is 2.64. The van der Waals surface area contributed by atoms with Crippen molar-refractivity contribution in [2.45, 2.75) is 26.8 Å². The molecule has 3 atom stereocenters. The number of rotatable bonds is 4. The number of carboxylic acid groups (broad SMARTS) is 1. The van der Waals surface area contributed by atoms with Crippen molar-refractivity contribution in [1.29, 1.82) is 0 Å². The van der Waals surface area contributed by atoms with Crippen LogP contribution in [0.3, 0.4) is 0 Å². The smallest absolute Gasteiger partial charge is 0.307 e. The molecule has 1 saturated carbocycles. The lowest BCUT2D eigenvalue weighted by atomic mass is 10.1. The Morgan fingerprint density at radius 1 is 1.47 bits per heavy atom. The molecule has 1 aliphatic rings. The molecule has 1 fully saturated rings. The second kappa shape index (κ2) is 4.32. The molecule has 1 aromatic rings. The van der Waals surface area contributed by atoms with Crippen LogP contribution >= 0.6 is 0 Å². The van der Waals surface area contributed by atoms with Crippen LogP contribution in [0.4, 0.5) is 0 Å². The number of nitrogens with zero attached hydrogens (tertiary/aromatic N) is 3. The third kappa shape index (κ3) is 2.20. The molecule has 19 heavy (non-hydrogen) atoms. The average molecular weight is 266 g/mol. The van der Waals surface area contributed by atoms with Gasteiger partial charge in [-0.15, -0.1) is 10.2 Å². The highest BCUT2D eigenvalue weighted by atomic mass is 16.4. The second-order valence-electron chi connectivity index (χ2n) is 5.65. The van der Waals surface area contributed by atoms with Crippen LogP contribution in [0.2, 0.25) is 0 Å². The molecule has 104 valence electrons. The van der Waals surface area contributed by atoms with E-state index in [1.165, 1.54) is 0 Å². The Bertz CT molecular complexity index is 523. The molecule has 1 amide bonds. The number of aryl methyl sites for hydroxylation is 1. The zero-order chi connectivity index (χ0) is 14.4. The van der Waals surface area contributed by atoms with Gasteiger partial charge in [-0.2, -0.15) is 0 Å². The Labute approximate surface area is 111 Å². The lowest BCUT2D eigenvalue weighted by Crippen LogP contribution is -2.31. The summed E-state index contributed by atoms with van der Waals surface area (Å²) >= 11 is 0. The SMILES string of the molecule is CC(NC(=O)[C@H]1[C@@H](C(=O)O)C1(C)C)c1nncn1C. The summed E-state index contributed by atoms with van der Waals surface area (Å²) in [4.78, 5) is 23.2. The fraction of sp³-hybridized carbons (Fsp3) is 0.667. The lowest BCUT2D eigenvalue weighted by Gasteiger charge is -2.13. The minimum absolute atomic E-state index is 0.243. The van der Waals surface area contributed by atoms with Crippen LogP contribution in [0.5, 0.6) is 0 Å². The zero-order valence-electron chi connectivity index (χ0n) is 11.4. The number of amides is 1. The van der Waals surface area contributed by atoms with Crippen LogP contribution in [-0.2, 0) is 16.6 Å². The highest BCUT2D eigenvalue weighted by Crippen LogP contribution is 2.58. The van der Waals surface area contributed by atoms with Crippen molar-refractivity contribution < 1.29 is 14.7 Å². The van der Waals surface area contributed by atoms with E-state index in [4.69, 9.17) is 5.11 Å². The summed E-state index contributed by atoms with van der Waals surface area (Å²) in [6.45, 7) is 5.39. The van der Waals surface area contributed by atoms with Gasteiger partial charge in [0.25, 0.3) is 0 Å². The lowest BCUT2D eigenvalue weighted by molar-refractivity contribution is -0.140. The predicted octanol–water partition coefficient (Wildman–Crippen LogP) is 0.349. The third-order valence-electron chi connectivity index (χ3n) is 3.87. The molecule has 2 rings (SSSR count). The molecule has 0 spiro atoms. The van der Waals surface area contributed by atoms with E-state index in [0.29, 0.717) is 5.82 Å². The number of aromatic nitrogens is 3. The molecule has 0 aromatic carbocycles. The number of nitrogens with one attached hydrogen (secondary N) is 1. The maximum atomic E-state index is 12.1. The number of aliphatic carboxylic acids is 1. The maximum Gasteiger partial charge on any atom is 0.307 e. The first-order valence-corrected chi connectivity index (χ1v) is 6.14. The summed E-state index contributed by atoms with van der Waals surface area (Å²) in [5.74, 6) is -1.62. The Kier molecular flexibility index (Phi) is 3.07. The van der Waals surface area contributed by atoms with Gasteiger partial charge in [0.05, 0.1) is 17.9 Å². The standard InChI is InChI=1S/C12H18N4O3/c1-6(9-15-13-5-16(9)4)14-10(17)7-8(11(18)19)12(7,2)3/h5-8H,1-4H3,(H,14,17)(H,18,19)/t6?,7-,8+/m1/s1. The first kappa shape index (κ1) is 13.5. The maximum absolute atomic E-state index is 12.1. The largest absolute Gasteiger partial charge is 0.481 e. The van der Waals surface area contributed by atoms with Gasteiger partial charge in [0.15, 0.2) is 5.82 Å². The summed E-state index contributed by atoms with van der Waals surface area (Å²) < 4.78 is 1.72. The number of carbonyl (C=O) groups excluding carboxylic acids is 1. The van der Waals surface area contributed by atoms with Crippen LogP contribution in [0.25, 0.3) is 0 Å². The second-order valence-corrected chi connectivity index (χ2v) is 5.65. The summed E-state index contributed by atoms with van der Waals surface area (Å²) in [5, 5.41) is 19.5. The Hall–Kier alpha value is -1.92. The van der Waals surface area contributed by atoms with E-state index >= 15 is 0 Å². The first-order valence-electron chi connectivity index (χ1n) is 6.14. The third-order valence-corrected chi connectivity index (χ3v) is 3.87. The molecule has 7 heteroatoms. The van der Waals surface area contributed by atoms with Crippen LogP contribution < -0.4 is 5.32 Å². The molecule has 0 radical (unpaired) electrons. The van der Waals surface area contributed by atoms with Crippen molar-refractivity contribution in [3.05, 3.63) is 12.2 Å². The van der Waals surface area contributed by atoms with Crippen molar-refractivity contribution in [3.63, 3.8) is 0 Å². The molecule has 2 N–H and O–H groups in total. The quantitative estimate of drug-likeness (QED) is 0.819. The molecule has 1 heterocycles. The molecule has 7 nitrogen and oxygen atoms in total. The van der Waals surface area contributed by atoms with Gasteiger partial charge in [0, 0.05) is 7.05 Å². The van der Waals surface area contributed by atoms with E-state index in [9.17, 15) is 9.59 Å². The average Bonchev–Trinajstić information content (AvgIpc) is 2.64. The molecule has 1 aromatic heterocycles. The molecule has 1 aliphatic carbocycles. The van der Waals surface area contributed by atoms with Gasteiger partial charge in [-0.3, -0.25) is 9.59 Å². The Morgan fingerprint density at radius 2 is 2.11 bits per heavy atom. The molecular weight excluding hydrogens is 248 g/mol. The monoisotopic (exact) mass is 266 g/mol. The van der Waals surface area contributed by atoms with E-state index in [-0.39, 0.29) is 11.9 Å². The van der Waals surface area contributed by atoms with Gasteiger partial charge in [0.1, 0.15) is 6.33 Å². The number of hydrogen-bond acceptors (Lipinski definition) is 4. The van der Waals surface area contributed by atoms with E-state index in [1.807, 2.05) is 0 Å². The summed E-state index contributed by atoms with van der Waals surface area (Å²) in [6.07, 6.45) is 1.55. The predicted molar refractivity (Wildman–Crippen MR) is 66.0 cm³/mol. The molecule has 0 bridgehead atoms. The fourth-order valence-electron chi connectivity index (χ4n) is 2.64. The number of hydrogen-bond donors (Lipinski definition) is 2. The Morgan fingerprint density at radius 3 is 2.53 bits per heavy atom. The first-order chi connectivity index (χ1) is 8.76. The molecule has 1 unspecified atom stereocenters. The van der Waals surface area contributed by atoms with Gasteiger partial charge < -0.3 is 15.0 Å². The van der Waals surface area contributed by atoms with Crippen LogP contribution in [0, 0.1) is 17.3 Å². The minimum atomic E-state index is -0.920. The molecule has 0 aliphatic heterocycles. The minimum Gasteiger partial charge on any atom is -0.481 e. The van der Waals surface area contributed by atoms with Crippen LogP contribution in [0.1, 0.15) is 32.6 Å². The number of carboxylic acids is 1. The van der Waals surface area contributed by atoms with Crippen LogP contribution in [0.15, 0.2) is 6.33 Å². The highest BCUT2D eigenvalue weighted by molar-refractivity contribution is 5.91. The van der Waals surface area contributed by atoms with E-state index in [2.05, 4.69) is 15.5 Å². The summed E-state index contributed by atoms with van der Waals surface area (Å²) in [5.41, 5.74) is -0.491. The van der Waals surface area contributed by atoms with Crippen molar-refractivity contribution in [2.75, 3.05) is 0 Å². The van der Waals surface area contributed by atoms with Gasteiger partial charge in [-0.1, -0.05) is 13.8 Å². The van der Waals surface area contributed by atoms with E-state index in [1.54, 1.807) is 38.7 Å². The van der Waals surface area contributed by atoms with Crippen molar-refractivity contribution >= 4 is 11.9 Å².